The van der Waals surface area contributed by atoms with Crippen molar-refractivity contribution in [1.29, 1.82) is 10.5 Å². The molecule has 4 heteroatoms. The number of nitriles is 2. The second-order valence-electron chi connectivity index (χ2n) is 3.30. The van der Waals surface area contributed by atoms with E-state index in [4.69, 9.17) is 10.5 Å². The van der Waals surface area contributed by atoms with E-state index >= 15 is 0 Å². The van der Waals surface area contributed by atoms with Crippen LogP contribution in [0.4, 0.5) is 0 Å². The van der Waals surface area contributed by atoms with E-state index in [0.717, 1.165) is 0 Å². The van der Waals surface area contributed by atoms with Crippen molar-refractivity contribution in [2.24, 2.45) is 0 Å². The van der Waals surface area contributed by atoms with Crippen molar-refractivity contribution in [2.75, 3.05) is 0 Å². The number of allylic oxidation sites excluding steroid dienone is 1. The number of hydrogen-bond acceptors (Lipinski definition) is 3. The van der Waals surface area contributed by atoms with Crippen LogP contribution in [0.1, 0.15) is 11.1 Å². The maximum absolute atomic E-state index is 8.98. The van der Waals surface area contributed by atoms with Crippen molar-refractivity contribution in [2.45, 2.75) is 6.54 Å². The summed E-state index contributed by atoms with van der Waals surface area (Å²) in [6, 6.07) is 5.79. The topological polar surface area (TPSA) is 65.4 Å². The maximum Gasteiger partial charge on any atom is 0.141 e. The summed E-state index contributed by atoms with van der Waals surface area (Å²) in [6.07, 6.45) is 4.96. The number of pyridine rings is 1. The Balaban J connectivity index is 2.76. The summed E-state index contributed by atoms with van der Waals surface area (Å²) in [5.41, 5.74) is 1.69. The fourth-order valence-electron chi connectivity index (χ4n) is 1.60. The van der Waals surface area contributed by atoms with Gasteiger partial charge in [0.25, 0.3) is 0 Å². The summed E-state index contributed by atoms with van der Waals surface area (Å²) in [4.78, 5) is 4.18. The first-order chi connectivity index (χ1) is 7.80. The lowest BCUT2D eigenvalue weighted by molar-refractivity contribution is 0.851. The minimum absolute atomic E-state index is 0.459. The first-order valence-electron chi connectivity index (χ1n) is 4.70. The second kappa shape index (κ2) is 3.88. The summed E-state index contributed by atoms with van der Waals surface area (Å²) in [5.74, 6) is 0. The Hall–Kier alpha value is -2.59. The molecule has 0 fully saturated rings. The minimum Gasteiger partial charge on any atom is -0.327 e. The molecule has 2 rings (SSSR count). The fourth-order valence-corrected chi connectivity index (χ4v) is 1.60. The van der Waals surface area contributed by atoms with Crippen LogP contribution in [0, 0.1) is 22.7 Å². The van der Waals surface area contributed by atoms with E-state index in [-0.39, 0.29) is 0 Å². The molecule has 16 heavy (non-hydrogen) atoms. The van der Waals surface area contributed by atoms with Gasteiger partial charge in [0.05, 0.1) is 11.1 Å². The number of hydrogen-bond donors (Lipinski definition) is 0. The molecule has 0 atom stereocenters. The molecule has 0 unspecified atom stereocenters. The molecule has 0 N–H and O–H groups in total. The molecule has 76 valence electrons. The lowest BCUT2D eigenvalue weighted by Crippen LogP contribution is -1.94. The SMILES string of the molecule is C=CCn1cc(C#N)c2cc(C#N)cnc21. The van der Waals surface area contributed by atoms with Gasteiger partial charge in [-0.05, 0) is 6.07 Å². The van der Waals surface area contributed by atoms with Crippen LogP contribution in [0.25, 0.3) is 11.0 Å². The van der Waals surface area contributed by atoms with Crippen LogP contribution in [0.3, 0.4) is 0 Å². The van der Waals surface area contributed by atoms with Gasteiger partial charge in [0.2, 0.25) is 0 Å². The molecule has 0 bridgehead atoms. The number of aromatic nitrogens is 2. The van der Waals surface area contributed by atoms with Gasteiger partial charge in [-0.3, -0.25) is 0 Å². The van der Waals surface area contributed by atoms with Crippen LogP contribution in [-0.2, 0) is 6.54 Å². The Kier molecular flexibility index (Phi) is 2.41. The van der Waals surface area contributed by atoms with E-state index in [0.29, 0.717) is 28.7 Å². The highest BCUT2D eigenvalue weighted by atomic mass is 15.0. The lowest BCUT2D eigenvalue weighted by Gasteiger charge is -1.98. The van der Waals surface area contributed by atoms with Gasteiger partial charge in [0.15, 0.2) is 0 Å². The number of fused-ring (bicyclic) bond motifs is 1. The molecule has 0 aliphatic carbocycles. The van der Waals surface area contributed by atoms with Crippen molar-refractivity contribution in [3.05, 3.63) is 42.2 Å². The maximum atomic E-state index is 8.98. The first-order valence-corrected chi connectivity index (χ1v) is 4.70. The molecule has 0 saturated carbocycles. The first kappa shape index (κ1) is 9.95. The van der Waals surface area contributed by atoms with E-state index in [9.17, 15) is 0 Å². The molecular formula is C12H8N4. The second-order valence-corrected chi connectivity index (χ2v) is 3.30. The molecule has 0 aromatic carbocycles. The van der Waals surface area contributed by atoms with Crippen molar-refractivity contribution in [3.63, 3.8) is 0 Å². The largest absolute Gasteiger partial charge is 0.327 e. The van der Waals surface area contributed by atoms with Gasteiger partial charge in [-0.2, -0.15) is 10.5 Å². The van der Waals surface area contributed by atoms with Gasteiger partial charge in [-0.25, -0.2) is 4.98 Å². The standard InChI is InChI=1S/C12H8N4/c1-2-3-16-8-10(6-14)11-4-9(5-13)7-15-12(11)16/h2,4,7-8H,1,3H2. The van der Waals surface area contributed by atoms with Gasteiger partial charge in [-0.15, -0.1) is 6.58 Å². The van der Waals surface area contributed by atoms with Crippen LogP contribution in [0.2, 0.25) is 0 Å². The van der Waals surface area contributed by atoms with Gasteiger partial charge in [-0.1, -0.05) is 6.08 Å². The molecule has 2 aromatic heterocycles. The Morgan fingerprint density at radius 2 is 2.25 bits per heavy atom. The molecule has 0 aliphatic heterocycles. The molecule has 2 aromatic rings. The van der Waals surface area contributed by atoms with Crippen molar-refractivity contribution in [1.82, 2.24) is 9.55 Å². The van der Waals surface area contributed by atoms with Crippen molar-refractivity contribution in [3.8, 4) is 12.1 Å². The Morgan fingerprint density at radius 3 is 2.88 bits per heavy atom. The fraction of sp³-hybridized carbons (Fsp3) is 0.0833. The van der Waals surface area contributed by atoms with E-state index in [1.165, 1.54) is 6.20 Å². The third kappa shape index (κ3) is 1.43. The normalized spacial score (nSPS) is 9.62. The minimum atomic E-state index is 0.459. The third-order valence-electron chi connectivity index (χ3n) is 2.29. The van der Waals surface area contributed by atoms with Crippen LogP contribution in [0.5, 0.6) is 0 Å². The Labute approximate surface area is 92.7 Å². The average molecular weight is 208 g/mol. The molecule has 0 aliphatic rings. The van der Waals surface area contributed by atoms with Crippen molar-refractivity contribution < 1.29 is 0 Å². The highest BCUT2D eigenvalue weighted by Crippen LogP contribution is 2.19. The molecule has 0 spiro atoms. The highest BCUT2D eigenvalue weighted by molar-refractivity contribution is 5.84. The predicted octanol–water partition coefficient (Wildman–Crippen LogP) is 1.97. The zero-order valence-corrected chi connectivity index (χ0v) is 8.51. The monoisotopic (exact) mass is 208 g/mol. The zero-order valence-electron chi connectivity index (χ0n) is 8.51. The summed E-state index contributed by atoms with van der Waals surface area (Å²) in [6.45, 7) is 4.24. The molecule has 2 heterocycles. The van der Waals surface area contributed by atoms with E-state index in [1.54, 1.807) is 18.3 Å². The van der Waals surface area contributed by atoms with Crippen molar-refractivity contribution >= 4 is 11.0 Å². The van der Waals surface area contributed by atoms with Gasteiger partial charge in [0, 0.05) is 24.3 Å². The smallest absolute Gasteiger partial charge is 0.141 e. The summed E-state index contributed by atoms with van der Waals surface area (Å²) in [5, 5.41) is 18.5. The molecule has 0 amide bonds. The van der Waals surface area contributed by atoms with E-state index in [1.807, 2.05) is 10.6 Å². The number of rotatable bonds is 2. The van der Waals surface area contributed by atoms with E-state index < -0.39 is 0 Å². The van der Waals surface area contributed by atoms with Gasteiger partial charge >= 0.3 is 0 Å². The molecular weight excluding hydrogens is 200 g/mol. The van der Waals surface area contributed by atoms with Gasteiger partial charge in [0.1, 0.15) is 17.8 Å². The average Bonchev–Trinajstić information content (AvgIpc) is 2.67. The molecule has 0 saturated heterocycles. The highest BCUT2D eigenvalue weighted by Gasteiger charge is 2.09. The lowest BCUT2D eigenvalue weighted by atomic mass is 10.2. The quantitative estimate of drug-likeness (QED) is 0.708. The predicted molar refractivity (Wildman–Crippen MR) is 59.4 cm³/mol. The van der Waals surface area contributed by atoms with Crippen LogP contribution in [-0.4, -0.2) is 9.55 Å². The zero-order chi connectivity index (χ0) is 11.5. The van der Waals surface area contributed by atoms with Crippen LogP contribution < -0.4 is 0 Å². The Morgan fingerprint density at radius 1 is 1.44 bits per heavy atom. The Bertz CT molecular complexity index is 637. The summed E-state index contributed by atoms with van der Waals surface area (Å²) in [7, 11) is 0. The molecule has 0 radical (unpaired) electrons. The molecule has 4 nitrogen and oxygen atoms in total. The van der Waals surface area contributed by atoms with E-state index in [2.05, 4.69) is 17.6 Å². The number of nitrogens with zero attached hydrogens (tertiary/aromatic N) is 4. The summed E-state index contributed by atoms with van der Waals surface area (Å²) < 4.78 is 1.84. The third-order valence-corrected chi connectivity index (χ3v) is 2.29. The van der Waals surface area contributed by atoms with Crippen LogP contribution in [0.15, 0.2) is 31.1 Å². The van der Waals surface area contributed by atoms with Crippen LogP contribution >= 0.6 is 0 Å². The van der Waals surface area contributed by atoms with Gasteiger partial charge < -0.3 is 4.57 Å². The summed E-state index contributed by atoms with van der Waals surface area (Å²) >= 11 is 0.